The van der Waals surface area contributed by atoms with E-state index in [9.17, 15) is 14.0 Å². The van der Waals surface area contributed by atoms with E-state index in [2.05, 4.69) is 10.6 Å². The van der Waals surface area contributed by atoms with Crippen molar-refractivity contribution in [1.82, 2.24) is 0 Å². The molecule has 0 aliphatic carbocycles. The molecule has 1 aromatic carbocycles. The van der Waals surface area contributed by atoms with Gasteiger partial charge in [-0.2, -0.15) is 0 Å². The van der Waals surface area contributed by atoms with Gasteiger partial charge < -0.3 is 15.4 Å². The zero-order valence-electron chi connectivity index (χ0n) is 14.7. The van der Waals surface area contributed by atoms with Crippen molar-refractivity contribution in [3.63, 3.8) is 0 Å². The average molecular weight is 364 g/mol. The molecule has 1 heterocycles. The summed E-state index contributed by atoms with van der Waals surface area (Å²) in [5.41, 5.74) is 2.58. The Hall–Kier alpha value is -2.41. The van der Waals surface area contributed by atoms with Crippen molar-refractivity contribution >= 4 is 33.9 Å². The van der Waals surface area contributed by atoms with Gasteiger partial charge >= 0.3 is 5.97 Å². The summed E-state index contributed by atoms with van der Waals surface area (Å²) in [4.78, 5) is 25.3. The number of hydrogen-bond acceptors (Lipinski definition) is 5. The standard InChI is InChI=1S/C18H21FN2O3S/c1-5-24-18(23)16-11(3)12(4)25-17(16)21-15(22)9-20-14-8-13(19)7-6-10(14)2/h6-8,20H,5,9H2,1-4H3,(H,21,22). The number of rotatable bonds is 6. The second kappa shape index (κ2) is 8.11. The fraction of sp³-hybridized carbons (Fsp3) is 0.333. The van der Waals surface area contributed by atoms with Crippen molar-refractivity contribution in [3.05, 3.63) is 45.6 Å². The fourth-order valence-corrected chi connectivity index (χ4v) is 3.36. The van der Waals surface area contributed by atoms with E-state index in [1.54, 1.807) is 13.0 Å². The average Bonchev–Trinajstić information content (AvgIpc) is 2.82. The molecule has 2 rings (SSSR count). The molecule has 2 N–H and O–H groups in total. The smallest absolute Gasteiger partial charge is 0.341 e. The molecular formula is C18H21FN2O3S. The van der Waals surface area contributed by atoms with Crippen LogP contribution < -0.4 is 10.6 Å². The highest BCUT2D eigenvalue weighted by molar-refractivity contribution is 7.16. The Morgan fingerprint density at radius 3 is 2.64 bits per heavy atom. The van der Waals surface area contributed by atoms with Crippen LogP contribution in [0.2, 0.25) is 0 Å². The van der Waals surface area contributed by atoms with E-state index in [-0.39, 0.29) is 24.9 Å². The highest BCUT2D eigenvalue weighted by Crippen LogP contribution is 2.33. The SMILES string of the molecule is CCOC(=O)c1c(NC(=O)CNc2cc(F)ccc2C)sc(C)c1C. The largest absolute Gasteiger partial charge is 0.462 e. The summed E-state index contributed by atoms with van der Waals surface area (Å²) in [6.07, 6.45) is 0. The van der Waals surface area contributed by atoms with Crippen molar-refractivity contribution in [2.45, 2.75) is 27.7 Å². The minimum atomic E-state index is -0.450. The van der Waals surface area contributed by atoms with Crippen LogP contribution in [0.1, 0.15) is 33.3 Å². The lowest BCUT2D eigenvalue weighted by Crippen LogP contribution is -2.23. The summed E-state index contributed by atoms with van der Waals surface area (Å²) >= 11 is 1.33. The molecule has 1 aromatic heterocycles. The first kappa shape index (κ1) is 18.9. The Morgan fingerprint density at radius 2 is 1.96 bits per heavy atom. The normalized spacial score (nSPS) is 10.4. The first-order valence-electron chi connectivity index (χ1n) is 7.90. The van der Waals surface area contributed by atoms with E-state index in [4.69, 9.17) is 4.74 Å². The number of benzene rings is 1. The van der Waals surface area contributed by atoms with Crippen LogP contribution in [0.25, 0.3) is 0 Å². The van der Waals surface area contributed by atoms with E-state index < -0.39 is 5.97 Å². The maximum atomic E-state index is 13.3. The molecule has 0 radical (unpaired) electrons. The maximum Gasteiger partial charge on any atom is 0.341 e. The summed E-state index contributed by atoms with van der Waals surface area (Å²) in [5, 5.41) is 6.11. The Morgan fingerprint density at radius 1 is 1.24 bits per heavy atom. The summed E-state index contributed by atoms with van der Waals surface area (Å²) in [6, 6.07) is 4.34. The van der Waals surface area contributed by atoms with E-state index in [0.717, 1.165) is 16.0 Å². The lowest BCUT2D eigenvalue weighted by atomic mass is 10.1. The van der Waals surface area contributed by atoms with E-state index in [0.29, 0.717) is 16.3 Å². The Balaban J connectivity index is 2.09. The van der Waals surface area contributed by atoms with Gasteiger partial charge in [0.05, 0.1) is 18.7 Å². The van der Waals surface area contributed by atoms with Crippen molar-refractivity contribution < 1.29 is 18.7 Å². The van der Waals surface area contributed by atoms with Gasteiger partial charge in [0.1, 0.15) is 10.8 Å². The summed E-state index contributed by atoms with van der Waals surface area (Å²) in [5.74, 6) is -1.15. The molecule has 1 amide bonds. The van der Waals surface area contributed by atoms with Crippen LogP contribution in [0.15, 0.2) is 18.2 Å². The topological polar surface area (TPSA) is 67.4 Å². The molecule has 0 fully saturated rings. The maximum absolute atomic E-state index is 13.3. The van der Waals surface area contributed by atoms with E-state index >= 15 is 0 Å². The minimum absolute atomic E-state index is 0.0391. The molecular weight excluding hydrogens is 343 g/mol. The van der Waals surface area contributed by atoms with Gasteiger partial charge in [-0.3, -0.25) is 4.79 Å². The second-order valence-electron chi connectivity index (χ2n) is 5.57. The summed E-state index contributed by atoms with van der Waals surface area (Å²) in [7, 11) is 0. The molecule has 0 saturated carbocycles. The van der Waals surface area contributed by atoms with Crippen molar-refractivity contribution in [3.8, 4) is 0 Å². The molecule has 2 aromatic rings. The molecule has 0 saturated heterocycles. The number of aryl methyl sites for hydroxylation is 2. The zero-order valence-corrected chi connectivity index (χ0v) is 15.5. The monoisotopic (exact) mass is 364 g/mol. The first-order chi connectivity index (χ1) is 11.8. The number of carbonyl (C=O) groups is 2. The number of thiophene rings is 1. The van der Waals surface area contributed by atoms with Crippen LogP contribution in [0, 0.1) is 26.6 Å². The van der Waals surface area contributed by atoms with Gasteiger partial charge in [0, 0.05) is 10.6 Å². The third-order valence-electron chi connectivity index (χ3n) is 3.76. The van der Waals surface area contributed by atoms with Gasteiger partial charge in [-0.25, -0.2) is 9.18 Å². The van der Waals surface area contributed by atoms with Crippen LogP contribution in [-0.2, 0) is 9.53 Å². The molecule has 0 aliphatic heterocycles. The number of hydrogen-bond donors (Lipinski definition) is 2. The number of ether oxygens (including phenoxy) is 1. The number of esters is 1. The van der Waals surface area contributed by atoms with Crippen molar-refractivity contribution in [2.24, 2.45) is 0 Å². The molecule has 25 heavy (non-hydrogen) atoms. The molecule has 0 aliphatic rings. The van der Waals surface area contributed by atoms with Gasteiger partial charge in [-0.05, 0) is 51.0 Å². The van der Waals surface area contributed by atoms with Crippen LogP contribution in [-0.4, -0.2) is 25.0 Å². The fourth-order valence-electron chi connectivity index (χ4n) is 2.30. The van der Waals surface area contributed by atoms with Gasteiger partial charge in [-0.15, -0.1) is 11.3 Å². The molecule has 5 nitrogen and oxygen atoms in total. The first-order valence-corrected chi connectivity index (χ1v) is 8.72. The molecule has 0 unspecified atom stereocenters. The van der Waals surface area contributed by atoms with Gasteiger partial charge in [0.2, 0.25) is 5.91 Å². The predicted molar refractivity (Wildman–Crippen MR) is 98.0 cm³/mol. The predicted octanol–water partition coefficient (Wildman–Crippen LogP) is 4.04. The van der Waals surface area contributed by atoms with Gasteiger partial charge in [-0.1, -0.05) is 6.07 Å². The van der Waals surface area contributed by atoms with Gasteiger partial charge in [0.25, 0.3) is 0 Å². The number of amides is 1. The Labute approximate surface area is 150 Å². The quantitative estimate of drug-likeness (QED) is 0.759. The van der Waals surface area contributed by atoms with E-state index in [1.807, 2.05) is 20.8 Å². The molecule has 0 bridgehead atoms. The third kappa shape index (κ3) is 4.57. The second-order valence-corrected chi connectivity index (χ2v) is 6.79. The molecule has 134 valence electrons. The lowest BCUT2D eigenvalue weighted by Gasteiger charge is -2.10. The summed E-state index contributed by atoms with van der Waals surface area (Å²) < 4.78 is 18.4. The molecule has 0 atom stereocenters. The van der Waals surface area contributed by atoms with Crippen molar-refractivity contribution in [2.75, 3.05) is 23.8 Å². The van der Waals surface area contributed by atoms with Crippen molar-refractivity contribution in [1.29, 1.82) is 0 Å². The number of halogens is 1. The highest BCUT2D eigenvalue weighted by atomic mass is 32.1. The Bertz CT molecular complexity index is 802. The number of carbonyl (C=O) groups excluding carboxylic acids is 2. The van der Waals surface area contributed by atoms with Crippen LogP contribution in [0.3, 0.4) is 0 Å². The third-order valence-corrected chi connectivity index (χ3v) is 4.88. The zero-order chi connectivity index (χ0) is 18.6. The van der Waals surface area contributed by atoms with E-state index in [1.165, 1.54) is 23.5 Å². The van der Waals surface area contributed by atoms with Crippen LogP contribution in [0.5, 0.6) is 0 Å². The number of anilines is 2. The minimum Gasteiger partial charge on any atom is -0.462 e. The molecule has 0 spiro atoms. The highest BCUT2D eigenvalue weighted by Gasteiger charge is 2.22. The molecule has 7 heteroatoms. The lowest BCUT2D eigenvalue weighted by molar-refractivity contribution is -0.114. The van der Waals surface area contributed by atoms with Crippen LogP contribution in [0.4, 0.5) is 15.1 Å². The number of nitrogens with one attached hydrogen (secondary N) is 2. The van der Waals surface area contributed by atoms with Gasteiger partial charge in [0.15, 0.2) is 0 Å². The summed E-state index contributed by atoms with van der Waals surface area (Å²) in [6.45, 7) is 7.48. The van der Waals surface area contributed by atoms with Crippen LogP contribution >= 0.6 is 11.3 Å². The Kier molecular flexibility index (Phi) is 6.14.